The van der Waals surface area contributed by atoms with Gasteiger partial charge in [-0.1, -0.05) is 60.7 Å². The van der Waals surface area contributed by atoms with Gasteiger partial charge in [-0.3, -0.25) is 9.69 Å². The molecule has 0 bridgehead atoms. The number of primary amides is 1. The fourth-order valence-corrected chi connectivity index (χ4v) is 3.59. The molecule has 6 heteroatoms. The number of hydrogen-bond donors (Lipinski definition) is 2. The van der Waals surface area contributed by atoms with Gasteiger partial charge in [0, 0.05) is 13.1 Å². The maximum Gasteiger partial charge on any atom is 0.254 e. The van der Waals surface area contributed by atoms with Crippen molar-refractivity contribution in [2.45, 2.75) is 12.1 Å². The Kier molecular flexibility index (Phi) is 4.18. The number of hydrogen-bond acceptors (Lipinski definition) is 4. The summed E-state index contributed by atoms with van der Waals surface area (Å²) in [5.41, 5.74) is 14.2. The van der Waals surface area contributed by atoms with Crippen LogP contribution in [0.15, 0.2) is 66.9 Å². The zero-order valence-corrected chi connectivity index (χ0v) is 14.3. The van der Waals surface area contributed by atoms with Gasteiger partial charge >= 0.3 is 0 Å². The molecule has 1 aliphatic heterocycles. The molecule has 2 heterocycles. The standard InChI is InChI=1S/C20H21N5O/c21-19-17(20(22)26)11-23-25(19)16-12-24(13-16)18(14-7-3-1-4-8-14)15-9-5-2-6-10-15/h1-11,16,18H,12-13,21H2,(H2,22,26). The smallest absolute Gasteiger partial charge is 0.254 e. The third-order valence-corrected chi connectivity index (χ3v) is 4.93. The Hall–Kier alpha value is -3.12. The van der Waals surface area contributed by atoms with Gasteiger partial charge in [0.1, 0.15) is 11.4 Å². The average molecular weight is 347 g/mol. The molecule has 1 aromatic heterocycles. The molecule has 0 spiro atoms. The maximum atomic E-state index is 11.4. The molecule has 0 radical (unpaired) electrons. The fraction of sp³-hybridized carbons (Fsp3) is 0.200. The number of nitrogen functional groups attached to an aromatic ring is 1. The van der Waals surface area contributed by atoms with Crippen molar-refractivity contribution >= 4 is 11.7 Å². The lowest BCUT2D eigenvalue weighted by Crippen LogP contribution is -2.50. The Morgan fingerprint density at radius 2 is 1.54 bits per heavy atom. The number of carbonyl (C=O) groups is 1. The number of likely N-dealkylation sites (tertiary alicyclic amines) is 1. The number of rotatable bonds is 5. The number of benzene rings is 2. The number of aromatic nitrogens is 2. The summed E-state index contributed by atoms with van der Waals surface area (Å²) in [5, 5.41) is 4.26. The van der Waals surface area contributed by atoms with E-state index < -0.39 is 5.91 Å². The molecule has 1 saturated heterocycles. The summed E-state index contributed by atoms with van der Waals surface area (Å²) in [7, 11) is 0. The molecule has 1 amide bonds. The van der Waals surface area contributed by atoms with Crippen molar-refractivity contribution in [3.05, 3.63) is 83.6 Å². The van der Waals surface area contributed by atoms with E-state index in [1.54, 1.807) is 4.68 Å². The van der Waals surface area contributed by atoms with Gasteiger partial charge in [-0.25, -0.2) is 4.68 Å². The fourth-order valence-electron chi connectivity index (χ4n) is 3.59. The van der Waals surface area contributed by atoms with Crippen LogP contribution >= 0.6 is 0 Å². The van der Waals surface area contributed by atoms with Crippen molar-refractivity contribution < 1.29 is 4.79 Å². The van der Waals surface area contributed by atoms with Crippen molar-refractivity contribution in [3.8, 4) is 0 Å². The van der Waals surface area contributed by atoms with Crippen LogP contribution in [-0.2, 0) is 0 Å². The van der Waals surface area contributed by atoms with Crippen molar-refractivity contribution in [2.75, 3.05) is 18.8 Å². The van der Waals surface area contributed by atoms with Gasteiger partial charge in [0.05, 0.1) is 18.3 Å². The first-order valence-electron chi connectivity index (χ1n) is 8.62. The van der Waals surface area contributed by atoms with Gasteiger partial charge in [-0.05, 0) is 11.1 Å². The molecule has 0 atom stereocenters. The van der Waals surface area contributed by atoms with Crippen LogP contribution in [0.25, 0.3) is 0 Å². The van der Waals surface area contributed by atoms with E-state index in [1.807, 2.05) is 12.1 Å². The van der Waals surface area contributed by atoms with E-state index in [4.69, 9.17) is 11.5 Å². The SMILES string of the molecule is NC(=O)c1cnn(C2CN(C(c3ccccc3)c3ccccc3)C2)c1N. The van der Waals surface area contributed by atoms with Crippen LogP contribution < -0.4 is 11.5 Å². The number of nitrogens with zero attached hydrogens (tertiary/aromatic N) is 3. The Morgan fingerprint density at radius 3 is 2.00 bits per heavy atom. The highest BCUT2D eigenvalue weighted by atomic mass is 16.1. The number of nitrogens with two attached hydrogens (primary N) is 2. The number of amides is 1. The summed E-state index contributed by atoms with van der Waals surface area (Å²) < 4.78 is 1.71. The minimum absolute atomic E-state index is 0.137. The predicted molar refractivity (Wildman–Crippen MR) is 100 cm³/mol. The molecule has 3 aromatic rings. The van der Waals surface area contributed by atoms with Crippen molar-refractivity contribution in [1.29, 1.82) is 0 Å². The molecule has 1 aliphatic rings. The molecule has 0 aliphatic carbocycles. The van der Waals surface area contributed by atoms with Crippen LogP contribution in [0.1, 0.15) is 33.6 Å². The van der Waals surface area contributed by atoms with E-state index in [9.17, 15) is 4.79 Å². The maximum absolute atomic E-state index is 11.4. The third kappa shape index (κ3) is 2.84. The monoisotopic (exact) mass is 347 g/mol. The van der Waals surface area contributed by atoms with Crippen LogP contribution in [0.3, 0.4) is 0 Å². The molecule has 1 fully saturated rings. The first-order chi connectivity index (χ1) is 12.6. The lowest BCUT2D eigenvalue weighted by molar-refractivity contribution is 0.0694. The number of anilines is 1. The normalized spacial score (nSPS) is 15.1. The second-order valence-corrected chi connectivity index (χ2v) is 6.58. The van der Waals surface area contributed by atoms with Crippen LogP contribution in [0.2, 0.25) is 0 Å². The summed E-state index contributed by atoms with van der Waals surface area (Å²) in [5.74, 6) is -0.200. The van der Waals surface area contributed by atoms with Crippen LogP contribution in [0.4, 0.5) is 5.82 Å². The largest absolute Gasteiger partial charge is 0.383 e. The summed E-state index contributed by atoms with van der Waals surface area (Å²) in [6, 6.07) is 21.2. The van der Waals surface area contributed by atoms with E-state index >= 15 is 0 Å². The van der Waals surface area contributed by atoms with Crippen molar-refractivity contribution in [3.63, 3.8) is 0 Å². The first-order valence-corrected chi connectivity index (χ1v) is 8.62. The van der Waals surface area contributed by atoms with Crippen molar-refractivity contribution in [2.24, 2.45) is 5.73 Å². The highest BCUT2D eigenvalue weighted by molar-refractivity contribution is 5.96. The molecular formula is C20H21N5O. The van der Waals surface area contributed by atoms with E-state index in [1.165, 1.54) is 17.3 Å². The van der Waals surface area contributed by atoms with Gasteiger partial charge in [0.25, 0.3) is 5.91 Å². The van der Waals surface area contributed by atoms with Gasteiger partial charge in [0.15, 0.2) is 0 Å². The molecule has 0 unspecified atom stereocenters. The van der Waals surface area contributed by atoms with Crippen LogP contribution in [-0.4, -0.2) is 33.7 Å². The highest BCUT2D eigenvalue weighted by Gasteiger charge is 2.36. The summed E-state index contributed by atoms with van der Waals surface area (Å²) >= 11 is 0. The molecule has 26 heavy (non-hydrogen) atoms. The highest BCUT2D eigenvalue weighted by Crippen LogP contribution is 2.36. The lowest BCUT2D eigenvalue weighted by atomic mass is 9.93. The zero-order chi connectivity index (χ0) is 18.1. The van der Waals surface area contributed by atoms with Crippen molar-refractivity contribution in [1.82, 2.24) is 14.7 Å². The lowest BCUT2D eigenvalue weighted by Gasteiger charge is -2.45. The Balaban J connectivity index is 1.58. The Bertz CT molecular complexity index is 861. The summed E-state index contributed by atoms with van der Waals surface area (Å²) in [6.07, 6.45) is 1.45. The molecule has 0 saturated carbocycles. The topological polar surface area (TPSA) is 90.2 Å². The van der Waals surface area contributed by atoms with Gasteiger partial charge in [-0.2, -0.15) is 5.10 Å². The quantitative estimate of drug-likeness (QED) is 0.740. The van der Waals surface area contributed by atoms with Crippen LogP contribution in [0.5, 0.6) is 0 Å². The van der Waals surface area contributed by atoms with E-state index in [-0.39, 0.29) is 17.6 Å². The summed E-state index contributed by atoms with van der Waals surface area (Å²) in [4.78, 5) is 13.8. The minimum atomic E-state index is -0.545. The molecule has 4 N–H and O–H groups in total. The van der Waals surface area contributed by atoms with E-state index in [0.717, 1.165) is 13.1 Å². The van der Waals surface area contributed by atoms with E-state index in [2.05, 4.69) is 58.5 Å². The number of carbonyl (C=O) groups excluding carboxylic acids is 1. The summed E-state index contributed by atoms with van der Waals surface area (Å²) in [6.45, 7) is 1.61. The predicted octanol–water partition coefficient (Wildman–Crippen LogP) is 2.21. The van der Waals surface area contributed by atoms with Crippen LogP contribution in [0, 0.1) is 0 Å². The molecule has 132 valence electrons. The van der Waals surface area contributed by atoms with Gasteiger partial charge in [-0.15, -0.1) is 0 Å². The molecular weight excluding hydrogens is 326 g/mol. The minimum Gasteiger partial charge on any atom is -0.383 e. The van der Waals surface area contributed by atoms with Gasteiger partial charge < -0.3 is 11.5 Å². The molecule has 2 aromatic carbocycles. The first kappa shape index (κ1) is 16.4. The molecule has 6 nitrogen and oxygen atoms in total. The van der Waals surface area contributed by atoms with Gasteiger partial charge in [0.2, 0.25) is 0 Å². The second kappa shape index (κ2) is 6.65. The average Bonchev–Trinajstić information content (AvgIpc) is 3.00. The zero-order valence-electron chi connectivity index (χ0n) is 14.3. The third-order valence-electron chi connectivity index (χ3n) is 4.93. The second-order valence-electron chi connectivity index (χ2n) is 6.58. The van der Waals surface area contributed by atoms with E-state index in [0.29, 0.717) is 5.82 Å². The molecule has 4 rings (SSSR count). The Morgan fingerprint density at radius 1 is 1.00 bits per heavy atom. The Labute approximate surface area is 152 Å².